The van der Waals surface area contributed by atoms with Gasteiger partial charge in [-0.2, -0.15) is 9.97 Å². The smallest absolute Gasteiger partial charge is 0.238 e. The summed E-state index contributed by atoms with van der Waals surface area (Å²) in [5.41, 5.74) is 13.9. The summed E-state index contributed by atoms with van der Waals surface area (Å²) in [6.07, 6.45) is 0. The average molecular weight is 794 g/mol. The molecule has 0 aliphatic heterocycles. The lowest BCUT2D eigenvalue weighted by atomic mass is 9.97. The Kier molecular flexibility index (Phi) is 9.45. The van der Waals surface area contributed by atoms with Gasteiger partial charge in [0, 0.05) is 44.5 Å². The van der Waals surface area contributed by atoms with Gasteiger partial charge in [-0.05, 0) is 82.4 Å². The molecule has 5 nitrogen and oxygen atoms in total. The van der Waals surface area contributed by atoms with E-state index in [1.807, 2.05) is 30.3 Å². The molecule has 0 saturated heterocycles. The Bertz CT molecular complexity index is 3290. The van der Waals surface area contributed by atoms with Crippen molar-refractivity contribution in [2.24, 2.45) is 0 Å². The number of benzene rings is 9. The van der Waals surface area contributed by atoms with Crippen molar-refractivity contribution in [1.29, 1.82) is 0 Å². The van der Waals surface area contributed by atoms with Crippen LogP contribution in [0.4, 0.5) is 17.1 Å². The second-order valence-electron chi connectivity index (χ2n) is 15.3. The maximum absolute atomic E-state index is 5.35. The standard InChI is InChI=1S/C57H39N5/c1-5-18-40(19-6-1)43-22-15-24-45(38-43)50-31-17-32-52-51-30-13-14-33-53(51)62(54(50)52)57-59-55(42-20-7-2-8-21-42)58-56(60-57)46-25-16-23-44(39-46)41-34-36-49(37-35-41)61(47-26-9-3-10-27-47)48-28-11-4-12-29-48/h1-39H. The Hall–Kier alpha value is -8.41. The quantitative estimate of drug-likeness (QED) is 0.146. The van der Waals surface area contributed by atoms with Gasteiger partial charge in [-0.15, -0.1) is 0 Å². The Balaban J connectivity index is 1.05. The van der Waals surface area contributed by atoms with Gasteiger partial charge in [0.2, 0.25) is 5.95 Å². The number of fused-ring (bicyclic) bond motifs is 3. The van der Waals surface area contributed by atoms with Crippen LogP contribution in [-0.2, 0) is 0 Å². The van der Waals surface area contributed by atoms with E-state index in [1.165, 1.54) is 5.56 Å². The fraction of sp³-hybridized carbons (Fsp3) is 0. The predicted octanol–water partition coefficient (Wildman–Crippen LogP) is 14.8. The third-order valence-corrected chi connectivity index (χ3v) is 11.4. The van der Waals surface area contributed by atoms with E-state index in [-0.39, 0.29) is 0 Å². The van der Waals surface area contributed by atoms with Crippen LogP contribution in [0.2, 0.25) is 0 Å². The summed E-state index contributed by atoms with van der Waals surface area (Å²) in [5.74, 6) is 1.77. The van der Waals surface area contributed by atoms with Crippen LogP contribution in [0.3, 0.4) is 0 Å². The lowest BCUT2D eigenvalue weighted by Crippen LogP contribution is -2.09. The second-order valence-corrected chi connectivity index (χ2v) is 15.3. The van der Waals surface area contributed by atoms with Crippen molar-refractivity contribution < 1.29 is 0 Å². The summed E-state index contributed by atoms with van der Waals surface area (Å²) in [5, 5.41) is 2.27. The van der Waals surface area contributed by atoms with Gasteiger partial charge < -0.3 is 4.90 Å². The molecule has 0 bridgehead atoms. The van der Waals surface area contributed by atoms with Crippen LogP contribution in [0, 0.1) is 0 Å². The van der Waals surface area contributed by atoms with E-state index in [9.17, 15) is 0 Å². The molecule has 5 heteroatoms. The van der Waals surface area contributed by atoms with Gasteiger partial charge in [-0.1, -0.05) is 182 Å². The van der Waals surface area contributed by atoms with E-state index in [1.54, 1.807) is 0 Å². The second kappa shape index (κ2) is 16.0. The van der Waals surface area contributed by atoms with Crippen molar-refractivity contribution >= 4 is 38.9 Å². The van der Waals surface area contributed by atoms with Gasteiger partial charge in [-0.3, -0.25) is 4.57 Å². The molecule has 2 heterocycles. The van der Waals surface area contributed by atoms with Crippen LogP contribution >= 0.6 is 0 Å². The highest BCUT2D eigenvalue weighted by Gasteiger charge is 2.21. The number of aromatic nitrogens is 4. The minimum atomic E-state index is 0.559. The third kappa shape index (κ3) is 6.87. The highest BCUT2D eigenvalue weighted by molar-refractivity contribution is 6.13. The topological polar surface area (TPSA) is 46.8 Å². The minimum absolute atomic E-state index is 0.559. The van der Waals surface area contributed by atoms with Crippen molar-refractivity contribution in [2.75, 3.05) is 4.90 Å². The van der Waals surface area contributed by atoms with E-state index in [0.29, 0.717) is 17.6 Å². The van der Waals surface area contributed by atoms with Crippen molar-refractivity contribution in [3.63, 3.8) is 0 Å². The van der Waals surface area contributed by atoms with Gasteiger partial charge in [0.25, 0.3) is 0 Å². The first-order chi connectivity index (χ1) is 30.7. The molecule has 0 spiro atoms. The maximum Gasteiger partial charge on any atom is 0.238 e. The fourth-order valence-electron chi connectivity index (χ4n) is 8.51. The van der Waals surface area contributed by atoms with Gasteiger partial charge >= 0.3 is 0 Å². The Labute approximate surface area is 360 Å². The molecule has 0 saturated carbocycles. The summed E-state index contributed by atoms with van der Waals surface area (Å²) in [7, 11) is 0. The summed E-state index contributed by atoms with van der Waals surface area (Å²) in [6.45, 7) is 0. The summed E-state index contributed by atoms with van der Waals surface area (Å²) in [6, 6.07) is 82.8. The summed E-state index contributed by atoms with van der Waals surface area (Å²) < 4.78 is 2.22. The van der Waals surface area contributed by atoms with Gasteiger partial charge in [0.05, 0.1) is 11.0 Å². The first-order valence-corrected chi connectivity index (χ1v) is 20.9. The van der Waals surface area contributed by atoms with Crippen molar-refractivity contribution in [2.45, 2.75) is 0 Å². The number of hydrogen-bond acceptors (Lipinski definition) is 4. The average Bonchev–Trinajstić information content (AvgIpc) is 3.70. The van der Waals surface area contributed by atoms with E-state index in [2.05, 4.69) is 216 Å². The Morgan fingerprint density at radius 1 is 0.306 bits per heavy atom. The minimum Gasteiger partial charge on any atom is -0.311 e. The van der Waals surface area contributed by atoms with Crippen molar-refractivity contribution in [3.05, 3.63) is 237 Å². The first-order valence-electron chi connectivity index (χ1n) is 20.9. The van der Waals surface area contributed by atoms with Crippen LogP contribution < -0.4 is 4.90 Å². The van der Waals surface area contributed by atoms with Gasteiger partial charge in [-0.25, -0.2) is 4.98 Å². The molecule has 62 heavy (non-hydrogen) atoms. The Morgan fingerprint density at radius 2 is 0.758 bits per heavy atom. The molecule has 0 aliphatic rings. The molecule has 0 atom stereocenters. The Morgan fingerprint density at radius 3 is 1.42 bits per heavy atom. The van der Waals surface area contributed by atoms with Crippen LogP contribution in [0.5, 0.6) is 0 Å². The highest BCUT2D eigenvalue weighted by Crippen LogP contribution is 2.40. The number of hydrogen-bond donors (Lipinski definition) is 0. The fourth-order valence-corrected chi connectivity index (χ4v) is 8.51. The number of para-hydroxylation sites is 4. The zero-order valence-corrected chi connectivity index (χ0v) is 33.8. The highest BCUT2D eigenvalue weighted by atomic mass is 15.2. The monoisotopic (exact) mass is 793 g/mol. The van der Waals surface area contributed by atoms with E-state index >= 15 is 0 Å². The molecule has 11 aromatic rings. The summed E-state index contributed by atoms with van der Waals surface area (Å²) in [4.78, 5) is 18.1. The van der Waals surface area contributed by atoms with E-state index < -0.39 is 0 Å². The molecule has 292 valence electrons. The molecule has 0 fully saturated rings. The lowest BCUT2D eigenvalue weighted by molar-refractivity contribution is 0.954. The molecule has 0 unspecified atom stereocenters. The largest absolute Gasteiger partial charge is 0.311 e. The lowest BCUT2D eigenvalue weighted by Gasteiger charge is -2.25. The van der Waals surface area contributed by atoms with Crippen molar-refractivity contribution in [1.82, 2.24) is 19.5 Å². The van der Waals surface area contributed by atoms with E-state index in [4.69, 9.17) is 15.0 Å². The molecule has 0 aliphatic carbocycles. The number of nitrogens with zero attached hydrogens (tertiary/aromatic N) is 5. The van der Waals surface area contributed by atoms with Crippen LogP contribution in [0.1, 0.15) is 0 Å². The maximum atomic E-state index is 5.35. The molecule has 11 rings (SSSR count). The molecular formula is C57H39N5. The first kappa shape index (κ1) is 36.7. The zero-order chi connectivity index (χ0) is 41.2. The third-order valence-electron chi connectivity index (χ3n) is 11.4. The van der Waals surface area contributed by atoms with Gasteiger partial charge in [0.15, 0.2) is 11.6 Å². The molecular weight excluding hydrogens is 755 g/mol. The van der Waals surface area contributed by atoms with Crippen molar-refractivity contribution in [3.8, 4) is 62.1 Å². The van der Waals surface area contributed by atoms with Gasteiger partial charge in [0.1, 0.15) is 0 Å². The molecule has 9 aromatic carbocycles. The normalized spacial score (nSPS) is 11.2. The molecule has 0 amide bonds. The zero-order valence-electron chi connectivity index (χ0n) is 33.8. The number of anilines is 3. The molecule has 0 N–H and O–H groups in total. The van der Waals surface area contributed by atoms with Crippen LogP contribution in [0.15, 0.2) is 237 Å². The molecule has 2 aromatic heterocycles. The summed E-state index contributed by atoms with van der Waals surface area (Å²) >= 11 is 0. The predicted molar refractivity (Wildman–Crippen MR) is 256 cm³/mol. The SMILES string of the molecule is c1ccc(-c2cccc(-c3cccc4c5ccccc5n(-c5nc(-c6ccccc6)nc(-c6cccc(-c7ccc(N(c8ccccc8)c8ccccc8)cc7)c6)n5)c34)c2)cc1. The van der Waals surface area contributed by atoms with Crippen LogP contribution in [-0.4, -0.2) is 19.5 Å². The van der Waals surface area contributed by atoms with E-state index in [0.717, 1.165) is 77.8 Å². The number of rotatable bonds is 9. The van der Waals surface area contributed by atoms with Crippen LogP contribution in [0.25, 0.3) is 83.9 Å². The molecule has 0 radical (unpaired) electrons.